The summed E-state index contributed by atoms with van der Waals surface area (Å²) in [4.78, 5) is 27.2. The summed E-state index contributed by atoms with van der Waals surface area (Å²) in [6.07, 6.45) is 4.31. The van der Waals surface area contributed by atoms with Gasteiger partial charge in [-0.3, -0.25) is 4.79 Å². The average Bonchev–Trinajstić information content (AvgIpc) is 3.07. The van der Waals surface area contributed by atoms with E-state index in [0.717, 1.165) is 12.8 Å². The third-order valence-corrected chi connectivity index (χ3v) is 4.59. The Morgan fingerprint density at radius 1 is 1.38 bits per heavy atom. The van der Waals surface area contributed by atoms with Gasteiger partial charge < -0.3 is 20.3 Å². The van der Waals surface area contributed by atoms with Crippen LogP contribution >= 0.6 is 0 Å². The van der Waals surface area contributed by atoms with Crippen molar-refractivity contribution in [3.05, 3.63) is 27.9 Å². The van der Waals surface area contributed by atoms with Crippen LogP contribution in [-0.4, -0.2) is 45.4 Å². The Hall–Kier alpha value is -1.89. The highest BCUT2D eigenvalue weighted by Gasteiger charge is 2.38. The van der Waals surface area contributed by atoms with Gasteiger partial charge in [0.1, 0.15) is 0 Å². The molecule has 2 aliphatic heterocycles. The number of fused-ring (bicyclic) bond motifs is 2. The molecule has 2 aliphatic rings. The number of hydrogen-bond donors (Lipinski definition) is 2. The number of H-pyrrole nitrogens is 1. The molecule has 7 heteroatoms. The number of aromatic nitrogens is 1. The molecule has 21 heavy (non-hydrogen) atoms. The Bertz CT molecular complexity index is 544. The van der Waals surface area contributed by atoms with E-state index in [-0.39, 0.29) is 17.8 Å². The van der Waals surface area contributed by atoms with Crippen molar-refractivity contribution < 1.29 is 9.72 Å². The SMILES string of the molecule is CCN(C(=O)c1ccc([N+](=O)[O-])[nH]1)C1CC2CCC(C1)N2. The van der Waals surface area contributed by atoms with E-state index in [9.17, 15) is 14.9 Å². The van der Waals surface area contributed by atoms with Crippen LogP contribution < -0.4 is 5.32 Å². The second kappa shape index (κ2) is 5.48. The minimum absolute atomic E-state index is 0.139. The molecule has 2 saturated heterocycles. The highest BCUT2D eigenvalue weighted by Crippen LogP contribution is 2.30. The van der Waals surface area contributed by atoms with Gasteiger partial charge in [-0.2, -0.15) is 0 Å². The zero-order chi connectivity index (χ0) is 15.0. The third kappa shape index (κ3) is 2.65. The van der Waals surface area contributed by atoms with Crippen molar-refractivity contribution in [2.75, 3.05) is 6.54 Å². The third-order valence-electron chi connectivity index (χ3n) is 4.59. The predicted octanol–water partition coefficient (Wildman–Crippen LogP) is 1.67. The number of nitrogens with zero attached hydrogens (tertiary/aromatic N) is 2. The number of piperidine rings is 1. The first-order valence-corrected chi connectivity index (χ1v) is 7.49. The van der Waals surface area contributed by atoms with Gasteiger partial charge in [0.25, 0.3) is 5.91 Å². The Kier molecular flexibility index (Phi) is 3.67. The van der Waals surface area contributed by atoms with Crippen molar-refractivity contribution in [2.45, 2.75) is 50.7 Å². The molecule has 1 amide bonds. The van der Waals surface area contributed by atoms with Crippen LogP contribution in [0, 0.1) is 10.1 Å². The van der Waals surface area contributed by atoms with E-state index in [4.69, 9.17) is 0 Å². The van der Waals surface area contributed by atoms with Gasteiger partial charge in [0.2, 0.25) is 0 Å². The molecule has 0 saturated carbocycles. The van der Waals surface area contributed by atoms with Crippen molar-refractivity contribution in [3.8, 4) is 0 Å². The van der Waals surface area contributed by atoms with Gasteiger partial charge in [-0.25, -0.2) is 4.98 Å². The van der Waals surface area contributed by atoms with Crippen LogP contribution in [0.4, 0.5) is 5.82 Å². The number of rotatable bonds is 4. The maximum Gasteiger partial charge on any atom is 0.321 e. The Labute approximate surface area is 122 Å². The quantitative estimate of drug-likeness (QED) is 0.652. The molecule has 2 bridgehead atoms. The van der Waals surface area contributed by atoms with Gasteiger partial charge in [-0.15, -0.1) is 0 Å². The van der Waals surface area contributed by atoms with Gasteiger partial charge >= 0.3 is 5.82 Å². The predicted molar refractivity (Wildman–Crippen MR) is 77.1 cm³/mol. The van der Waals surface area contributed by atoms with Crippen LogP contribution in [0.15, 0.2) is 12.1 Å². The first kappa shape index (κ1) is 14.1. The first-order chi connectivity index (χ1) is 10.1. The lowest BCUT2D eigenvalue weighted by Crippen LogP contribution is -2.50. The number of carbonyl (C=O) groups excluding carboxylic acids is 1. The molecule has 0 aliphatic carbocycles. The average molecular weight is 292 g/mol. The van der Waals surface area contributed by atoms with Crippen LogP contribution in [0.25, 0.3) is 0 Å². The van der Waals surface area contributed by atoms with Gasteiger partial charge in [0, 0.05) is 30.7 Å². The number of hydrogen-bond acceptors (Lipinski definition) is 4. The number of nitrogens with one attached hydrogen (secondary N) is 2. The van der Waals surface area contributed by atoms with Gasteiger partial charge in [0.15, 0.2) is 5.69 Å². The Morgan fingerprint density at radius 3 is 2.57 bits per heavy atom. The van der Waals surface area contributed by atoms with Gasteiger partial charge in [0.05, 0.1) is 0 Å². The second-order valence-corrected chi connectivity index (χ2v) is 5.87. The van der Waals surface area contributed by atoms with Gasteiger partial charge in [-0.1, -0.05) is 0 Å². The fourth-order valence-corrected chi connectivity index (χ4v) is 3.62. The zero-order valence-corrected chi connectivity index (χ0v) is 12.0. The van der Waals surface area contributed by atoms with Crippen LogP contribution in [-0.2, 0) is 0 Å². The molecular weight excluding hydrogens is 272 g/mol. The summed E-state index contributed by atoms with van der Waals surface area (Å²) >= 11 is 0. The molecule has 0 spiro atoms. The molecule has 114 valence electrons. The van der Waals surface area contributed by atoms with E-state index in [1.165, 1.54) is 25.0 Å². The maximum absolute atomic E-state index is 12.6. The Morgan fingerprint density at radius 2 is 2.05 bits per heavy atom. The monoisotopic (exact) mass is 292 g/mol. The maximum atomic E-state index is 12.6. The summed E-state index contributed by atoms with van der Waals surface area (Å²) in [5, 5.41) is 14.3. The first-order valence-electron chi connectivity index (χ1n) is 7.49. The molecule has 3 rings (SSSR count). The van der Waals surface area contributed by atoms with E-state index >= 15 is 0 Å². The highest BCUT2D eigenvalue weighted by atomic mass is 16.6. The minimum Gasteiger partial charge on any atom is -0.358 e. The minimum atomic E-state index is -0.516. The lowest BCUT2D eigenvalue weighted by Gasteiger charge is -2.36. The fraction of sp³-hybridized carbons (Fsp3) is 0.643. The lowest BCUT2D eigenvalue weighted by molar-refractivity contribution is -0.389. The molecule has 3 heterocycles. The Balaban J connectivity index is 1.75. The molecule has 0 radical (unpaired) electrons. The number of carbonyl (C=O) groups is 1. The summed E-state index contributed by atoms with van der Waals surface area (Å²) in [5.74, 6) is -0.281. The van der Waals surface area contributed by atoms with Crippen LogP contribution in [0.1, 0.15) is 43.1 Å². The summed E-state index contributed by atoms with van der Waals surface area (Å²) in [6, 6.07) is 4.08. The highest BCUT2D eigenvalue weighted by molar-refractivity contribution is 5.93. The van der Waals surface area contributed by atoms with Crippen molar-refractivity contribution in [2.24, 2.45) is 0 Å². The van der Waals surface area contributed by atoms with Gasteiger partial charge in [-0.05, 0) is 43.6 Å². The largest absolute Gasteiger partial charge is 0.358 e. The summed E-state index contributed by atoms with van der Waals surface area (Å²) < 4.78 is 0. The van der Waals surface area contributed by atoms with E-state index in [1.807, 2.05) is 11.8 Å². The molecular formula is C14H20N4O3. The molecule has 2 unspecified atom stereocenters. The molecule has 2 fully saturated rings. The molecule has 7 nitrogen and oxygen atoms in total. The van der Waals surface area contributed by atoms with Crippen LogP contribution in [0.2, 0.25) is 0 Å². The lowest BCUT2D eigenvalue weighted by atomic mass is 9.98. The standard InChI is InChI=1S/C14H20N4O3/c1-2-17(11-7-9-3-4-10(8-11)15-9)14(19)12-5-6-13(16-12)18(20)21/h5-6,9-11,15-16H,2-4,7-8H2,1H3. The van der Waals surface area contributed by atoms with Crippen molar-refractivity contribution in [1.29, 1.82) is 0 Å². The van der Waals surface area contributed by atoms with Crippen molar-refractivity contribution >= 4 is 11.7 Å². The van der Waals surface area contributed by atoms with E-state index in [1.54, 1.807) is 0 Å². The van der Waals surface area contributed by atoms with E-state index < -0.39 is 4.92 Å². The molecule has 1 aromatic heterocycles. The van der Waals surface area contributed by atoms with Crippen LogP contribution in [0.5, 0.6) is 0 Å². The zero-order valence-electron chi connectivity index (χ0n) is 12.0. The molecule has 0 aromatic carbocycles. The van der Waals surface area contributed by atoms with E-state index in [2.05, 4.69) is 10.3 Å². The normalized spacial score (nSPS) is 27.6. The number of nitro groups is 1. The van der Waals surface area contributed by atoms with Crippen molar-refractivity contribution in [1.82, 2.24) is 15.2 Å². The fourth-order valence-electron chi connectivity index (χ4n) is 3.62. The summed E-state index contributed by atoms with van der Waals surface area (Å²) in [6.45, 7) is 2.58. The summed E-state index contributed by atoms with van der Waals surface area (Å²) in [5.41, 5.74) is 0.300. The second-order valence-electron chi connectivity index (χ2n) is 5.87. The summed E-state index contributed by atoms with van der Waals surface area (Å²) in [7, 11) is 0. The smallest absolute Gasteiger partial charge is 0.321 e. The molecule has 2 N–H and O–H groups in total. The van der Waals surface area contributed by atoms with E-state index in [0.29, 0.717) is 24.3 Å². The molecule has 2 atom stereocenters. The number of amides is 1. The topological polar surface area (TPSA) is 91.3 Å². The molecule has 1 aromatic rings. The van der Waals surface area contributed by atoms with Crippen LogP contribution in [0.3, 0.4) is 0 Å². The number of aromatic amines is 1. The van der Waals surface area contributed by atoms with Crippen molar-refractivity contribution in [3.63, 3.8) is 0 Å².